The summed E-state index contributed by atoms with van der Waals surface area (Å²) in [5.74, 6) is 0.843. The maximum absolute atomic E-state index is 11.7. The second-order valence-electron chi connectivity index (χ2n) is 4.42. The van der Waals surface area contributed by atoms with Crippen LogP contribution < -0.4 is 5.73 Å². The van der Waals surface area contributed by atoms with Crippen LogP contribution in [0.15, 0.2) is 0 Å². The molecule has 1 saturated heterocycles. The van der Waals surface area contributed by atoms with Crippen molar-refractivity contribution in [2.75, 3.05) is 26.2 Å². The van der Waals surface area contributed by atoms with Crippen LogP contribution in [0, 0.1) is 5.92 Å². The van der Waals surface area contributed by atoms with Gasteiger partial charge in [0, 0.05) is 32.7 Å². The third kappa shape index (κ3) is 3.76. The summed E-state index contributed by atoms with van der Waals surface area (Å²) in [5, 5.41) is 0. The van der Waals surface area contributed by atoms with Gasteiger partial charge in [0.2, 0.25) is 5.91 Å². The van der Waals surface area contributed by atoms with Crippen LogP contribution in [0.5, 0.6) is 0 Å². The van der Waals surface area contributed by atoms with E-state index in [4.69, 9.17) is 10.5 Å². The van der Waals surface area contributed by atoms with Crippen molar-refractivity contribution in [1.29, 1.82) is 0 Å². The Balaban J connectivity index is 2.29. The summed E-state index contributed by atoms with van der Waals surface area (Å²) in [5.41, 5.74) is 5.60. The van der Waals surface area contributed by atoms with Gasteiger partial charge in [-0.15, -0.1) is 0 Å². The highest BCUT2D eigenvalue weighted by molar-refractivity contribution is 5.78. The van der Waals surface area contributed by atoms with Gasteiger partial charge in [0.1, 0.15) is 0 Å². The SMILES string of the molecule is CCOC(CN)CCN1CC(CC)CC1=O. The number of nitrogens with zero attached hydrogens (tertiary/aromatic N) is 1. The molecule has 0 saturated carbocycles. The fourth-order valence-electron chi connectivity index (χ4n) is 2.15. The van der Waals surface area contributed by atoms with E-state index < -0.39 is 0 Å². The summed E-state index contributed by atoms with van der Waals surface area (Å²) < 4.78 is 5.48. The maximum Gasteiger partial charge on any atom is 0.222 e. The van der Waals surface area contributed by atoms with E-state index in [2.05, 4.69) is 6.92 Å². The molecule has 1 amide bonds. The van der Waals surface area contributed by atoms with Crippen molar-refractivity contribution >= 4 is 5.91 Å². The molecule has 16 heavy (non-hydrogen) atoms. The lowest BCUT2D eigenvalue weighted by molar-refractivity contribution is -0.128. The van der Waals surface area contributed by atoms with Crippen LogP contribution in [-0.4, -0.2) is 43.2 Å². The van der Waals surface area contributed by atoms with Crippen molar-refractivity contribution in [3.63, 3.8) is 0 Å². The molecule has 0 aromatic carbocycles. The average molecular weight is 228 g/mol. The van der Waals surface area contributed by atoms with E-state index in [9.17, 15) is 4.79 Å². The molecule has 94 valence electrons. The minimum atomic E-state index is 0.0958. The molecule has 1 fully saturated rings. The van der Waals surface area contributed by atoms with Crippen molar-refractivity contribution in [2.45, 2.75) is 39.2 Å². The highest BCUT2D eigenvalue weighted by Crippen LogP contribution is 2.20. The minimum absolute atomic E-state index is 0.0958. The number of rotatable bonds is 7. The van der Waals surface area contributed by atoms with Crippen LogP contribution in [0.4, 0.5) is 0 Å². The molecule has 4 heteroatoms. The zero-order valence-electron chi connectivity index (χ0n) is 10.4. The van der Waals surface area contributed by atoms with E-state index in [0.29, 0.717) is 25.0 Å². The molecule has 1 aliphatic heterocycles. The number of hydrogen-bond acceptors (Lipinski definition) is 3. The first kappa shape index (κ1) is 13.5. The molecule has 0 bridgehead atoms. The van der Waals surface area contributed by atoms with Crippen molar-refractivity contribution < 1.29 is 9.53 Å². The number of carbonyl (C=O) groups excluding carboxylic acids is 1. The third-order valence-corrected chi connectivity index (χ3v) is 3.26. The normalized spacial score (nSPS) is 22.8. The van der Waals surface area contributed by atoms with Gasteiger partial charge < -0.3 is 15.4 Å². The number of ether oxygens (including phenoxy) is 1. The number of hydrogen-bond donors (Lipinski definition) is 1. The minimum Gasteiger partial charge on any atom is -0.377 e. The quantitative estimate of drug-likeness (QED) is 0.707. The van der Waals surface area contributed by atoms with Crippen LogP contribution in [-0.2, 0) is 9.53 Å². The van der Waals surface area contributed by atoms with E-state index >= 15 is 0 Å². The van der Waals surface area contributed by atoms with Gasteiger partial charge in [0.25, 0.3) is 0 Å². The molecule has 1 aliphatic rings. The molecule has 1 heterocycles. The molecule has 1 rings (SSSR count). The van der Waals surface area contributed by atoms with Gasteiger partial charge in [0.05, 0.1) is 6.10 Å². The molecular formula is C12H24N2O2. The van der Waals surface area contributed by atoms with Gasteiger partial charge in [0.15, 0.2) is 0 Å². The Morgan fingerprint density at radius 3 is 2.81 bits per heavy atom. The zero-order valence-corrected chi connectivity index (χ0v) is 10.4. The molecular weight excluding hydrogens is 204 g/mol. The van der Waals surface area contributed by atoms with E-state index in [-0.39, 0.29) is 6.10 Å². The van der Waals surface area contributed by atoms with E-state index in [1.54, 1.807) is 0 Å². The Labute approximate surface area is 98.1 Å². The van der Waals surface area contributed by atoms with Crippen LogP contribution in [0.1, 0.15) is 33.1 Å². The van der Waals surface area contributed by atoms with Crippen LogP contribution in [0.2, 0.25) is 0 Å². The molecule has 4 nitrogen and oxygen atoms in total. The van der Waals surface area contributed by atoms with Crippen molar-refractivity contribution in [1.82, 2.24) is 4.90 Å². The average Bonchev–Trinajstić information content (AvgIpc) is 2.65. The number of carbonyl (C=O) groups is 1. The first-order valence-corrected chi connectivity index (χ1v) is 6.30. The van der Waals surface area contributed by atoms with Crippen LogP contribution >= 0.6 is 0 Å². The first-order chi connectivity index (χ1) is 7.71. The maximum atomic E-state index is 11.7. The second kappa shape index (κ2) is 6.86. The third-order valence-electron chi connectivity index (χ3n) is 3.26. The molecule has 0 aromatic heterocycles. The predicted octanol–water partition coefficient (Wildman–Crippen LogP) is 0.999. The molecule has 2 N–H and O–H groups in total. The Morgan fingerprint density at radius 1 is 1.56 bits per heavy atom. The van der Waals surface area contributed by atoms with Crippen LogP contribution in [0.3, 0.4) is 0 Å². The molecule has 0 radical (unpaired) electrons. The lowest BCUT2D eigenvalue weighted by atomic mass is 10.1. The van der Waals surface area contributed by atoms with E-state index in [1.165, 1.54) is 0 Å². The Morgan fingerprint density at radius 2 is 2.31 bits per heavy atom. The van der Waals surface area contributed by atoms with Gasteiger partial charge in [-0.3, -0.25) is 4.79 Å². The van der Waals surface area contributed by atoms with Crippen LogP contribution in [0.25, 0.3) is 0 Å². The fraction of sp³-hybridized carbons (Fsp3) is 0.917. The summed E-state index contributed by atoms with van der Waals surface area (Å²) in [6.45, 7) is 7.04. The lowest BCUT2D eigenvalue weighted by Crippen LogP contribution is -2.32. The summed E-state index contributed by atoms with van der Waals surface area (Å²) in [6.07, 6.45) is 2.76. The standard InChI is InChI=1S/C12H24N2O2/c1-3-10-7-12(15)14(9-10)6-5-11(8-13)16-4-2/h10-11H,3-9,13H2,1-2H3. The largest absolute Gasteiger partial charge is 0.377 e. The molecule has 0 spiro atoms. The Bertz CT molecular complexity index is 221. The summed E-state index contributed by atoms with van der Waals surface area (Å²) in [6, 6.07) is 0. The lowest BCUT2D eigenvalue weighted by Gasteiger charge is -2.20. The van der Waals surface area contributed by atoms with Gasteiger partial charge in [-0.2, -0.15) is 0 Å². The number of likely N-dealkylation sites (tertiary alicyclic amines) is 1. The highest BCUT2D eigenvalue weighted by atomic mass is 16.5. The van der Waals surface area contributed by atoms with Gasteiger partial charge >= 0.3 is 0 Å². The van der Waals surface area contributed by atoms with E-state index in [0.717, 1.165) is 32.4 Å². The highest BCUT2D eigenvalue weighted by Gasteiger charge is 2.28. The number of nitrogens with two attached hydrogens (primary N) is 1. The molecule has 0 aliphatic carbocycles. The zero-order chi connectivity index (χ0) is 12.0. The smallest absolute Gasteiger partial charge is 0.222 e. The van der Waals surface area contributed by atoms with Crippen molar-refractivity contribution in [3.8, 4) is 0 Å². The van der Waals surface area contributed by atoms with Gasteiger partial charge in [-0.25, -0.2) is 0 Å². The first-order valence-electron chi connectivity index (χ1n) is 6.30. The summed E-state index contributed by atoms with van der Waals surface area (Å²) >= 11 is 0. The van der Waals surface area contributed by atoms with Gasteiger partial charge in [-0.05, 0) is 19.3 Å². The number of amides is 1. The fourth-order valence-corrected chi connectivity index (χ4v) is 2.15. The Kier molecular flexibility index (Phi) is 5.77. The Hall–Kier alpha value is -0.610. The summed E-state index contributed by atoms with van der Waals surface area (Å²) in [7, 11) is 0. The van der Waals surface area contributed by atoms with Gasteiger partial charge in [-0.1, -0.05) is 13.3 Å². The predicted molar refractivity (Wildman–Crippen MR) is 64.1 cm³/mol. The van der Waals surface area contributed by atoms with E-state index in [1.807, 2.05) is 11.8 Å². The van der Waals surface area contributed by atoms with Crippen molar-refractivity contribution in [2.24, 2.45) is 11.7 Å². The second-order valence-corrected chi connectivity index (χ2v) is 4.42. The molecule has 0 aromatic rings. The van der Waals surface area contributed by atoms with Crippen molar-refractivity contribution in [3.05, 3.63) is 0 Å². The molecule has 2 atom stereocenters. The summed E-state index contributed by atoms with van der Waals surface area (Å²) in [4.78, 5) is 13.6. The molecule has 2 unspecified atom stereocenters. The monoisotopic (exact) mass is 228 g/mol. The topological polar surface area (TPSA) is 55.6 Å².